The van der Waals surface area contributed by atoms with Gasteiger partial charge in [-0.2, -0.15) is 13.2 Å². The third kappa shape index (κ3) is 3.84. The second-order valence-electron chi connectivity index (χ2n) is 5.08. The Labute approximate surface area is 136 Å². The lowest BCUT2D eigenvalue weighted by Crippen LogP contribution is -2.34. The molecule has 0 unspecified atom stereocenters. The summed E-state index contributed by atoms with van der Waals surface area (Å²) in [6.45, 7) is 0. The van der Waals surface area contributed by atoms with E-state index in [1.54, 1.807) is 5.01 Å². The summed E-state index contributed by atoms with van der Waals surface area (Å²) < 4.78 is 37.9. The van der Waals surface area contributed by atoms with E-state index < -0.39 is 11.7 Å². The molecule has 3 rings (SSSR count). The van der Waals surface area contributed by atoms with Gasteiger partial charge in [-0.3, -0.25) is 15.2 Å². The SMILES string of the molecule is O.O.O=C1C[C@@H](c2ccc(C(F)(F)F)cc2)N(c2ccccc2)N1. The van der Waals surface area contributed by atoms with E-state index in [1.165, 1.54) is 12.1 Å². The number of halogens is 3. The molecule has 0 bridgehead atoms. The molecule has 8 heteroatoms. The summed E-state index contributed by atoms with van der Waals surface area (Å²) >= 11 is 0. The van der Waals surface area contributed by atoms with Crippen molar-refractivity contribution in [3.63, 3.8) is 0 Å². The van der Waals surface area contributed by atoms with E-state index in [4.69, 9.17) is 0 Å². The lowest BCUT2D eigenvalue weighted by molar-refractivity contribution is -0.137. The number of amides is 1. The van der Waals surface area contributed by atoms with Crippen LogP contribution in [0.1, 0.15) is 23.6 Å². The third-order valence-electron chi connectivity index (χ3n) is 3.59. The van der Waals surface area contributed by atoms with Crippen LogP contribution in [0.4, 0.5) is 18.9 Å². The maximum atomic E-state index is 12.6. The number of para-hydroxylation sites is 1. The first-order valence-electron chi connectivity index (χ1n) is 6.76. The summed E-state index contributed by atoms with van der Waals surface area (Å²) in [7, 11) is 0. The predicted molar refractivity (Wildman–Crippen MR) is 83.1 cm³/mol. The molecule has 2 aromatic rings. The van der Waals surface area contributed by atoms with Crippen molar-refractivity contribution in [3.8, 4) is 0 Å². The topological polar surface area (TPSA) is 95.3 Å². The minimum Gasteiger partial charge on any atom is -0.412 e. The van der Waals surface area contributed by atoms with E-state index in [0.29, 0.717) is 5.56 Å². The number of alkyl halides is 3. The molecule has 2 aromatic carbocycles. The number of anilines is 1. The standard InChI is InChI=1S/C16H13F3N2O.2H2O/c17-16(18,19)12-8-6-11(7-9-12)14-10-15(22)20-21(14)13-4-2-1-3-5-13;;/h1-9,14H,10H2,(H,20,22);2*1H2/t14-;;/m0../s1. The minimum absolute atomic E-state index is 0. The number of nitrogens with one attached hydrogen (secondary N) is 1. The van der Waals surface area contributed by atoms with Crippen molar-refractivity contribution in [1.29, 1.82) is 0 Å². The minimum atomic E-state index is -4.36. The van der Waals surface area contributed by atoms with Gasteiger partial charge >= 0.3 is 6.18 Å². The monoisotopic (exact) mass is 342 g/mol. The van der Waals surface area contributed by atoms with E-state index in [-0.39, 0.29) is 29.3 Å². The summed E-state index contributed by atoms with van der Waals surface area (Å²) in [6.07, 6.45) is -4.15. The van der Waals surface area contributed by atoms with Gasteiger partial charge in [0.25, 0.3) is 0 Å². The number of nitrogens with zero attached hydrogens (tertiary/aromatic N) is 1. The number of benzene rings is 2. The Bertz CT molecular complexity index is 675. The molecule has 1 fully saturated rings. The highest BCUT2D eigenvalue weighted by Crippen LogP contribution is 2.34. The highest BCUT2D eigenvalue weighted by Gasteiger charge is 2.33. The first-order chi connectivity index (χ1) is 10.4. The van der Waals surface area contributed by atoms with E-state index in [0.717, 1.165) is 17.8 Å². The molecule has 0 spiro atoms. The van der Waals surface area contributed by atoms with Crippen LogP contribution < -0.4 is 10.4 Å². The number of carbonyl (C=O) groups is 1. The normalized spacial score (nSPS) is 16.9. The van der Waals surface area contributed by atoms with Crippen LogP contribution in [0, 0.1) is 0 Å². The summed E-state index contributed by atoms with van der Waals surface area (Å²) in [5.74, 6) is -0.159. The van der Waals surface area contributed by atoms with Crippen LogP contribution in [0.2, 0.25) is 0 Å². The Kier molecular flexibility index (Phi) is 5.94. The van der Waals surface area contributed by atoms with Gasteiger partial charge in [-0.1, -0.05) is 30.3 Å². The molecule has 24 heavy (non-hydrogen) atoms. The van der Waals surface area contributed by atoms with Crippen molar-refractivity contribution in [2.75, 3.05) is 5.01 Å². The molecule has 130 valence electrons. The molecule has 5 nitrogen and oxygen atoms in total. The van der Waals surface area contributed by atoms with Gasteiger partial charge in [0.15, 0.2) is 0 Å². The van der Waals surface area contributed by atoms with Gasteiger partial charge in [0.2, 0.25) is 5.91 Å². The van der Waals surface area contributed by atoms with E-state index in [9.17, 15) is 18.0 Å². The Balaban J connectivity index is 0.00000144. The zero-order valence-corrected chi connectivity index (χ0v) is 12.5. The Morgan fingerprint density at radius 2 is 1.54 bits per heavy atom. The zero-order chi connectivity index (χ0) is 15.7. The van der Waals surface area contributed by atoms with Gasteiger partial charge in [-0.05, 0) is 29.8 Å². The molecule has 0 aliphatic carbocycles. The van der Waals surface area contributed by atoms with Crippen LogP contribution in [-0.2, 0) is 11.0 Å². The maximum absolute atomic E-state index is 12.6. The largest absolute Gasteiger partial charge is 0.416 e. The van der Waals surface area contributed by atoms with Crippen LogP contribution in [-0.4, -0.2) is 16.9 Å². The quantitative estimate of drug-likeness (QED) is 0.904. The molecule has 0 aromatic heterocycles. The molecule has 1 amide bonds. The van der Waals surface area contributed by atoms with Crippen molar-refractivity contribution in [3.05, 3.63) is 65.7 Å². The Morgan fingerprint density at radius 1 is 0.958 bits per heavy atom. The van der Waals surface area contributed by atoms with Crippen LogP contribution in [0.15, 0.2) is 54.6 Å². The van der Waals surface area contributed by atoms with E-state index in [2.05, 4.69) is 5.43 Å². The number of hydrogen-bond acceptors (Lipinski definition) is 2. The fourth-order valence-corrected chi connectivity index (χ4v) is 2.52. The van der Waals surface area contributed by atoms with Gasteiger partial charge in [0, 0.05) is 0 Å². The number of rotatable bonds is 2. The van der Waals surface area contributed by atoms with Gasteiger partial charge in [0.05, 0.1) is 23.7 Å². The molecule has 1 atom stereocenters. The van der Waals surface area contributed by atoms with Gasteiger partial charge in [0.1, 0.15) is 0 Å². The third-order valence-corrected chi connectivity index (χ3v) is 3.59. The molecule has 1 saturated heterocycles. The summed E-state index contributed by atoms with van der Waals surface area (Å²) in [5, 5.41) is 1.69. The zero-order valence-electron chi connectivity index (χ0n) is 12.5. The van der Waals surface area contributed by atoms with Gasteiger partial charge in [-0.15, -0.1) is 0 Å². The molecule has 0 radical (unpaired) electrons. The number of hydrazine groups is 1. The smallest absolute Gasteiger partial charge is 0.412 e. The lowest BCUT2D eigenvalue weighted by atomic mass is 10.0. The highest BCUT2D eigenvalue weighted by atomic mass is 19.4. The van der Waals surface area contributed by atoms with Crippen LogP contribution >= 0.6 is 0 Å². The van der Waals surface area contributed by atoms with Crippen LogP contribution in [0.3, 0.4) is 0 Å². The molecule has 0 saturated carbocycles. The molecular weight excluding hydrogens is 325 g/mol. The molecule has 5 N–H and O–H groups in total. The van der Waals surface area contributed by atoms with Gasteiger partial charge in [-0.25, -0.2) is 0 Å². The van der Waals surface area contributed by atoms with Crippen molar-refractivity contribution in [1.82, 2.24) is 5.43 Å². The summed E-state index contributed by atoms with van der Waals surface area (Å²) in [5.41, 5.74) is 3.49. The second-order valence-corrected chi connectivity index (χ2v) is 5.08. The Morgan fingerprint density at radius 3 is 2.08 bits per heavy atom. The summed E-state index contributed by atoms with van der Waals surface area (Å²) in [4.78, 5) is 11.7. The van der Waals surface area contributed by atoms with Gasteiger partial charge < -0.3 is 11.0 Å². The summed E-state index contributed by atoms with van der Waals surface area (Å²) in [6, 6.07) is 13.8. The predicted octanol–water partition coefficient (Wildman–Crippen LogP) is 2.04. The first-order valence-corrected chi connectivity index (χ1v) is 6.76. The highest BCUT2D eigenvalue weighted by molar-refractivity contribution is 5.83. The molecule has 1 aliphatic rings. The lowest BCUT2D eigenvalue weighted by Gasteiger charge is -2.26. The molecular formula is C16H17F3N2O3. The average Bonchev–Trinajstić information content (AvgIpc) is 2.89. The second kappa shape index (κ2) is 7.33. The van der Waals surface area contributed by atoms with Crippen molar-refractivity contribution >= 4 is 11.6 Å². The average molecular weight is 342 g/mol. The van der Waals surface area contributed by atoms with E-state index >= 15 is 0 Å². The molecule has 1 heterocycles. The van der Waals surface area contributed by atoms with Crippen LogP contribution in [0.5, 0.6) is 0 Å². The van der Waals surface area contributed by atoms with E-state index in [1.807, 2.05) is 30.3 Å². The van der Waals surface area contributed by atoms with Crippen molar-refractivity contribution in [2.45, 2.75) is 18.6 Å². The molecule has 1 aliphatic heterocycles. The fourth-order valence-electron chi connectivity index (χ4n) is 2.52. The number of hydrogen-bond donors (Lipinski definition) is 1. The number of carbonyl (C=O) groups excluding carboxylic acids is 1. The van der Waals surface area contributed by atoms with Crippen LogP contribution in [0.25, 0.3) is 0 Å². The Hall–Kier alpha value is -2.58. The van der Waals surface area contributed by atoms with Crippen molar-refractivity contribution in [2.24, 2.45) is 0 Å². The van der Waals surface area contributed by atoms with Crippen molar-refractivity contribution < 1.29 is 28.9 Å². The first kappa shape index (κ1) is 19.5. The fraction of sp³-hybridized carbons (Fsp3) is 0.188. The maximum Gasteiger partial charge on any atom is 0.416 e.